The normalized spacial score (nSPS) is 9.43. The molecule has 0 aliphatic heterocycles. The lowest BCUT2D eigenvalue weighted by atomic mass is 10.2. The van der Waals surface area contributed by atoms with Crippen LogP contribution in [0.1, 0.15) is 19.5 Å². The number of fused-ring (bicyclic) bond motifs is 1. The zero-order valence-corrected chi connectivity index (χ0v) is 9.31. The first-order valence-electron chi connectivity index (χ1n) is 5.07. The molecule has 0 spiro atoms. The van der Waals surface area contributed by atoms with Crippen molar-refractivity contribution >= 4 is 16.6 Å². The van der Waals surface area contributed by atoms with Crippen LogP contribution in [0, 0.1) is 6.92 Å². The summed E-state index contributed by atoms with van der Waals surface area (Å²) in [6.07, 6.45) is 0. The predicted octanol–water partition coefficient (Wildman–Crippen LogP) is 3.54. The summed E-state index contributed by atoms with van der Waals surface area (Å²) >= 11 is 0. The van der Waals surface area contributed by atoms with E-state index in [-0.39, 0.29) is 0 Å². The third kappa shape index (κ3) is 2.08. The molecule has 0 amide bonds. The van der Waals surface area contributed by atoms with Crippen LogP contribution in [0.3, 0.4) is 0 Å². The molecule has 0 atom stereocenters. The van der Waals surface area contributed by atoms with Crippen molar-refractivity contribution in [3.8, 4) is 0 Å². The Hall–Kier alpha value is -1.44. The summed E-state index contributed by atoms with van der Waals surface area (Å²) < 4.78 is 0. The Morgan fingerprint density at radius 2 is 1.86 bits per heavy atom. The number of hydrogen-bond acceptors (Lipinski definition) is 1. The molecule has 0 unspecified atom stereocenters. The number of benzene rings is 1. The van der Waals surface area contributed by atoms with Crippen LogP contribution in [-0.2, 0) is 0 Å². The number of H-pyrrole nitrogens is 1. The number of aryl methyl sites for hydroxylation is 1. The van der Waals surface area contributed by atoms with E-state index in [1.54, 1.807) is 0 Å². The molecular formula is C12H18N2. The fourth-order valence-electron chi connectivity index (χ4n) is 1.43. The molecule has 1 heterocycles. The van der Waals surface area contributed by atoms with Gasteiger partial charge in [0.25, 0.3) is 0 Å². The van der Waals surface area contributed by atoms with E-state index in [2.05, 4.69) is 41.5 Å². The first kappa shape index (κ1) is 10.6. The summed E-state index contributed by atoms with van der Waals surface area (Å²) in [6.45, 7) is 6.07. The van der Waals surface area contributed by atoms with Crippen molar-refractivity contribution in [2.24, 2.45) is 0 Å². The predicted molar refractivity (Wildman–Crippen MR) is 63.9 cm³/mol. The lowest BCUT2D eigenvalue weighted by molar-refractivity contribution is 1.30. The van der Waals surface area contributed by atoms with Crippen molar-refractivity contribution in [3.05, 3.63) is 30.0 Å². The van der Waals surface area contributed by atoms with Crippen LogP contribution in [0.4, 0.5) is 5.69 Å². The van der Waals surface area contributed by atoms with Gasteiger partial charge in [-0.3, -0.25) is 0 Å². The largest absolute Gasteiger partial charge is 0.388 e. The van der Waals surface area contributed by atoms with Crippen molar-refractivity contribution in [1.29, 1.82) is 0 Å². The number of hydrogen-bond donors (Lipinski definition) is 2. The van der Waals surface area contributed by atoms with Gasteiger partial charge < -0.3 is 10.3 Å². The Morgan fingerprint density at radius 3 is 2.50 bits per heavy atom. The molecule has 1 aromatic heterocycles. The number of rotatable bonds is 1. The molecule has 2 nitrogen and oxygen atoms in total. The van der Waals surface area contributed by atoms with Crippen LogP contribution in [0.15, 0.2) is 24.3 Å². The molecule has 14 heavy (non-hydrogen) atoms. The molecule has 0 saturated carbocycles. The Bertz CT molecular complexity index is 402. The summed E-state index contributed by atoms with van der Waals surface area (Å²) in [4.78, 5) is 3.28. The average Bonchev–Trinajstić information content (AvgIpc) is 2.59. The third-order valence-corrected chi connectivity index (χ3v) is 2.04. The highest BCUT2D eigenvalue weighted by Crippen LogP contribution is 2.18. The van der Waals surface area contributed by atoms with Gasteiger partial charge in [-0.1, -0.05) is 13.8 Å². The van der Waals surface area contributed by atoms with Crippen LogP contribution in [0.5, 0.6) is 0 Å². The van der Waals surface area contributed by atoms with Crippen LogP contribution in [-0.4, -0.2) is 12.0 Å². The maximum Gasteiger partial charge on any atom is 0.0457 e. The maximum absolute atomic E-state index is 3.28. The monoisotopic (exact) mass is 190 g/mol. The number of aromatic nitrogens is 1. The first-order valence-corrected chi connectivity index (χ1v) is 5.07. The van der Waals surface area contributed by atoms with Gasteiger partial charge in [0.2, 0.25) is 0 Å². The number of aromatic amines is 1. The molecule has 2 rings (SSSR count). The zero-order valence-electron chi connectivity index (χ0n) is 9.31. The second-order valence-corrected chi connectivity index (χ2v) is 3.00. The lowest BCUT2D eigenvalue weighted by Crippen LogP contribution is -1.85. The number of anilines is 1. The molecule has 1 aromatic carbocycles. The molecule has 2 N–H and O–H groups in total. The molecule has 0 radical (unpaired) electrons. The lowest BCUT2D eigenvalue weighted by Gasteiger charge is -1.97. The van der Waals surface area contributed by atoms with E-state index in [4.69, 9.17) is 0 Å². The van der Waals surface area contributed by atoms with Gasteiger partial charge in [0.05, 0.1) is 0 Å². The van der Waals surface area contributed by atoms with E-state index in [9.17, 15) is 0 Å². The number of nitrogens with one attached hydrogen (secondary N) is 2. The molecule has 0 saturated heterocycles. The molecule has 2 aromatic rings. The van der Waals surface area contributed by atoms with Gasteiger partial charge in [0.15, 0.2) is 0 Å². The van der Waals surface area contributed by atoms with E-state index >= 15 is 0 Å². The zero-order chi connectivity index (χ0) is 10.6. The van der Waals surface area contributed by atoms with Gasteiger partial charge in [-0.15, -0.1) is 0 Å². The average molecular weight is 190 g/mol. The van der Waals surface area contributed by atoms with Gasteiger partial charge in [0.1, 0.15) is 0 Å². The SMILES string of the molecule is CC.CNc1ccc2[nH]c(C)cc2c1. The minimum atomic E-state index is 1.15. The van der Waals surface area contributed by atoms with Gasteiger partial charge in [-0.2, -0.15) is 0 Å². The highest BCUT2D eigenvalue weighted by atomic mass is 14.8. The van der Waals surface area contributed by atoms with Crippen molar-refractivity contribution in [3.63, 3.8) is 0 Å². The van der Waals surface area contributed by atoms with Crippen LogP contribution >= 0.6 is 0 Å². The van der Waals surface area contributed by atoms with E-state index < -0.39 is 0 Å². The molecule has 0 aliphatic rings. The molecule has 2 heteroatoms. The minimum Gasteiger partial charge on any atom is -0.388 e. The third-order valence-electron chi connectivity index (χ3n) is 2.04. The fraction of sp³-hybridized carbons (Fsp3) is 0.333. The van der Waals surface area contributed by atoms with Crippen LogP contribution in [0.25, 0.3) is 10.9 Å². The standard InChI is InChI=1S/C10H12N2.C2H6/c1-7-5-8-6-9(11-2)3-4-10(8)12-7;1-2/h3-6,11-12H,1-2H3;1-2H3. The van der Waals surface area contributed by atoms with Crippen molar-refractivity contribution in [2.75, 3.05) is 12.4 Å². The topological polar surface area (TPSA) is 27.8 Å². The van der Waals surface area contributed by atoms with Crippen molar-refractivity contribution < 1.29 is 0 Å². The molecular weight excluding hydrogens is 172 g/mol. The van der Waals surface area contributed by atoms with E-state index in [1.165, 1.54) is 16.6 Å². The Morgan fingerprint density at radius 1 is 1.14 bits per heavy atom. The molecule has 0 aliphatic carbocycles. The van der Waals surface area contributed by atoms with Gasteiger partial charge in [0, 0.05) is 29.3 Å². The summed E-state index contributed by atoms with van der Waals surface area (Å²) in [5.41, 5.74) is 3.56. The van der Waals surface area contributed by atoms with Gasteiger partial charge in [-0.25, -0.2) is 0 Å². The highest BCUT2D eigenvalue weighted by molar-refractivity contribution is 5.83. The summed E-state index contributed by atoms with van der Waals surface area (Å²) in [6, 6.07) is 8.45. The van der Waals surface area contributed by atoms with Crippen molar-refractivity contribution in [2.45, 2.75) is 20.8 Å². The Labute approximate surface area is 85.3 Å². The van der Waals surface area contributed by atoms with Gasteiger partial charge >= 0.3 is 0 Å². The summed E-state index contributed by atoms with van der Waals surface area (Å²) in [5, 5.41) is 4.38. The second kappa shape index (κ2) is 4.70. The molecule has 76 valence electrons. The van der Waals surface area contributed by atoms with Crippen LogP contribution < -0.4 is 5.32 Å². The van der Waals surface area contributed by atoms with Crippen molar-refractivity contribution in [1.82, 2.24) is 4.98 Å². The molecule has 0 fully saturated rings. The van der Waals surface area contributed by atoms with Gasteiger partial charge in [-0.05, 0) is 31.2 Å². The summed E-state index contributed by atoms with van der Waals surface area (Å²) in [5.74, 6) is 0. The minimum absolute atomic E-state index is 1.15. The summed E-state index contributed by atoms with van der Waals surface area (Å²) in [7, 11) is 1.93. The molecule has 0 bridgehead atoms. The first-order chi connectivity index (χ1) is 6.79. The Kier molecular flexibility index (Phi) is 3.57. The maximum atomic E-state index is 3.28. The van der Waals surface area contributed by atoms with E-state index in [0.717, 1.165) is 5.69 Å². The van der Waals surface area contributed by atoms with E-state index in [0.29, 0.717) is 0 Å². The Balaban J connectivity index is 0.000000461. The van der Waals surface area contributed by atoms with E-state index in [1.807, 2.05) is 20.9 Å². The second-order valence-electron chi connectivity index (χ2n) is 3.00. The smallest absolute Gasteiger partial charge is 0.0457 e. The highest BCUT2D eigenvalue weighted by Gasteiger charge is 1.96. The fourth-order valence-corrected chi connectivity index (χ4v) is 1.43. The van der Waals surface area contributed by atoms with Crippen LogP contribution in [0.2, 0.25) is 0 Å². The quantitative estimate of drug-likeness (QED) is 0.707.